The lowest BCUT2D eigenvalue weighted by atomic mass is 9.66. The Hall–Kier alpha value is -1.57. The first-order valence-corrected chi connectivity index (χ1v) is 8.40. The molecule has 1 heterocycles. The van der Waals surface area contributed by atoms with E-state index in [-0.39, 0.29) is 12.7 Å². The van der Waals surface area contributed by atoms with Crippen molar-refractivity contribution in [3.63, 3.8) is 0 Å². The first kappa shape index (κ1) is 17.8. The first-order chi connectivity index (χ1) is 10.8. The average Bonchev–Trinajstić information content (AvgIpc) is 2.75. The van der Waals surface area contributed by atoms with Gasteiger partial charge in [-0.1, -0.05) is 58.0 Å². The van der Waals surface area contributed by atoms with Crippen molar-refractivity contribution < 1.29 is 4.65 Å². The molecule has 0 atom stereocenters. The van der Waals surface area contributed by atoms with E-state index in [9.17, 15) is 5.26 Å². The molecule has 0 amide bonds. The minimum Gasteiger partial charge on any atom is -0.412 e. The van der Waals surface area contributed by atoms with Crippen LogP contribution in [0.2, 0.25) is 0 Å². The molecule has 0 radical (unpaired) electrons. The summed E-state index contributed by atoms with van der Waals surface area (Å²) in [7, 11) is -0.139. The SMILES string of the molecule is CC(C)N(B1OC(C)(C)C/C1=C(/C#N)c1ccccc1)C(C)C. The van der Waals surface area contributed by atoms with Gasteiger partial charge in [0.1, 0.15) is 0 Å². The Morgan fingerprint density at radius 1 is 1.17 bits per heavy atom. The summed E-state index contributed by atoms with van der Waals surface area (Å²) in [6.07, 6.45) is 0.783. The van der Waals surface area contributed by atoms with Crippen LogP contribution in [0.3, 0.4) is 0 Å². The molecule has 1 saturated heterocycles. The summed E-state index contributed by atoms with van der Waals surface area (Å²) < 4.78 is 6.37. The van der Waals surface area contributed by atoms with Crippen molar-refractivity contribution in [3.8, 4) is 6.07 Å². The molecule has 0 saturated carbocycles. The van der Waals surface area contributed by atoms with Crippen LogP contribution in [0.5, 0.6) is 0 Å². The van der Waals surface area contributed by atoms with Crippen LogP contribution in [0.4, 0.5) is 0 Å². The molecule has 0 aliphatic carbocycles. The van der Waals surface area contributed by atoms with Gasteiger partial charge in [-0.05, 0) is 43.4 Å². The van der Waals surface area contributed by atoms with Crippen LogP contribution in [-0.2, 0) is 4.65 Å². The van der Waals surface area contributed by atoms with Crippen molar-refractivity contribution in [2.45, 2.75) is 65.6 Å². The fraction of sp³-hybridized carbons (Fsp3) is 0.526. The molecule has 1 aromatic rings. The largest absolute Gasteiger partial charge is 0.416 e. The van der Waals surface area contributed by atoms with Gasteiger partial charge in [0.15, 0.2) is 0 Å². The standard InChI is InChI=1S/C19H27BN2O/c1-14(2)22(15(3)4)20-18(12-19(5,6)23-20)17(13-21)16-10-8-7-9-11-16/h7-11,14-15H,12H2,1-6H3/b18-17+. The fourth-order valence-corrected chi connectivity index (χ4v) is 3.48. The van der Waals surface area contributed by atoms with E-state index < -0.39 is 0 Å². The zero-order valence-electron chi connectivity index (χ0n) is 15.1. The molecule has 4 heteroatoms. The summed E-state index contributed by atoms with van der Waals surface area (Å²) in [5.74, 6) is 0. The minimum absolute atomic E-state index is 0.139. The quantitative estimate of drug-likeness (QED) is 0.614. The summed E-state index contributed by atoms with van der Waals surface area (Å²) in [6, 6.07) is 13.1. The lowest BCUT2D eigenvalue weighted by molar-refractivity contribution is 0.108. The fourth-order valence-electron chi connectivity index (χ4n) is 3.48. The highest BCUT2D eigenvalue weighted by atomic mass is 16.5. The van der Waals surface area contributed by atoms with Gasteiger partial charge in [0.25, 0.3) is 0 Å². The van der Waals surface area contributed by atoms with Crippen LogP contribution < -0.4 is 0 Å². The molecule has 1 aliphatic rings. The molecule has 1 aromatic carbocycles. The van der Waals surface area contributed by atoms with Crippen LogP contribution in [0.15, 0.2) is 35.8 Å². The molecular weight excluding hydrogens is 283 g/mol. The second-order valence-corrected chi connectivity index (χ2v) is 7.42. The normalized spacial score (nSPS) is 19.6. The van der Waals surface area contributed by atoms with E-state index in [0.717, 1.165) is 23.0 Å². The smallest absolute Gasteiger partial charge is 0.412 e. The van der Waals surface area contributed by atoms with Crippen molar-refractivity contribution in [1.29, 1.82) is 5.26 Å². The Bertz CT molecular complexity index is 606. The maximum atomic E-state index is 9.80. The van der Waals surface area contributed by atoms with Crippen LogP contribution in [0, 0.1) is 11.3 Å². The number of allylic oxidation sites excluding steroid dienone is 1. The molecule has 0 N–H and O–H groups in total. The highest BCUT2D eigenvalue weighted by Gasteiger charge is 2.46. The van der Waals surface area contributed by atoms with E-state index in [4.69, 9.17) is 4.65 Å². The Kier molecular flexibility index (Phi) is 5.34. The Balaban J connectivity index is 2.56. The van der Waals surface area contributed by atoms with Crippen molar-refractivity contribution >= 4 is 12.6 Å². The van der Waals surface area contributed by atoms with Gasteiger partial charge in [-0.2, -0.15) is 5.26 Å². The van der Waals surface area contributed by atoms with Gasteiger partial charge >= 0.3 is 7.05 Å². The molecule has 0 spiro atoms. The van der Waals surface area contributed by atoms with Crippen LogP contribution in [-0.4, -0.2) is 29.5 Å². The molecule has 122 valence electrons. The van der Waals surface area contributed by atoms with Crippen molar-refractivity contribution in [2.24, 2.45) is 0 Å². The third kappa shape index (κ3) is 3.86. The lowest BCUT2D eigenvalue weighted by Crippen LogP contribution is -2.50. The maximum Gasteiger partial charge on any atom is 0.416 e. The van der Waals surface area contributed by atoms with E-state index >= 15 is 0 Å². The monoisotopic (exact) mass is 310 g/mol. The van der Waals surface area contributed by atoms with E-state index in [0.29, 0.717) is 12.1 Å². The number of nitriles is 1. The molecule has 0 aromatic heterocycles. The second-order valence-electron chi connectivity index (χ2n) is 7.42. The highest BCUT2D eigenvalue weighted by Crippen LogP contribution is 2.38. The molecule has 23 heavy (non-hydrogen) atoms. The molecule has 0 unspecified atom stereocenters. The highest BCUT2D eigenvalue weighted by molar-refractivity contribution is 6.60. The predicted molar refractivity (Wildman–Crippen MR) is 96.6 cm³/mol. The topological polar surface area (TPSA) is 36.3 Å². The number of hydrogen-bond acceptors (Lipinski definition) is 3. The average molecular weight is 310 g/mol. The molecule has 0 bridgehead atoms. The Morgan fingerprint density at radius 3 is 2.22 bits per heavy atom. The number of rotatable bonds is 4. The van der Waals surface area contributed by atoms with E-state index in [1.807, 2.05) is 30.3 Å². The molecule has 1 aliphatic heterocycles. The molecular formula is C19H27BN2O. The summed E-state index contributed by atoms with van der Waals surface area (Å²) in [5, 5.41) is 9.80. The number of nitrogens with zero attached hydrogens (tertiary/aromatic N) is 2. The van der Waals surface area contributed by atoms with Gasteiger partial charge < -0.3 is 9.47 Å². The van der Waals surface area contributed by atoms with E-state index in [1.165, 1.54) is 0 Å². The van der Waals surface area contributed by atoms with Gasteiger partial charge in [0.05, 0.1) is 17.2 Å². The van der Waals surface area contributed by atoms with E-state index in [1.54, 1.807) is 0 Å². The zero-order chi connectivity index (χ0) is 17.2. The van der Waals surface area contributed by atoms with Crippen molar-refractivity contribution in [3.05, 3.63) is 41.4 Å². The molecule has 1 fully saturated rings. The minimum atomic E-state index is -0.251. The van der Waals surface area contributed by atoms with Crippen LogP contribution >= 0.6 is 0 Å². The summed E-state index contributed by atoms with van der Waals surface area (Å²) in [5.41, 5.74) is 2.58. The first-order valence-electron chi connectivity index (χ1n) is 8.40. The van der Waals surface area contributed by atoms with Gasteiger partial charge in [-0.25, -0.2) is 0 Å². The Morgan fingerprint density at radius 2 is 1.74 bits per heavy atom. The van der Waals surface area contributed by atoms with Gasteiger partial charge in [-0.15, -0.1) is 0 Å². The van der Waals surface area contributed by atoms with Crippen LogP contribution in [0.25, 0.3) is 5.57 Å². The number of hydrogen-bond donors (Lipinski definition) is 0. The van der Waals surface area contributed by atoms with Crippen LogP contribution in [0.1, 0.15) is 53.5 Å². The third-order valence-corrected chi connectivity index (χ3v) is 4.30. The third-order valence-electron chi connectivity index (χ3n) is 4.30. The predicted octanol–water partition coefficient (Wildman–Crippen LogP) is 4.31. The lowest BCUT2D eigenvalue weighted by Gasteiger charge is -2.35. The van der Waals surface area contributed by atoms with Crippen molar-refractivity contribution in [2.75, 3.05) is 0 Å². The van der Waals surface area contributed by atoms with Gasteiger partial charge in [0.2, 0.25) is 0 Å². The van der Waals surface area contributed by atoms with Gasteiger partial charge in [0, 0.05) is 0 Å². The van der Waals surface area contributed by atoms with Gasteiger partial charge in [-0.3, -0.25) is 0 Å². The van der Waals surface area contributed by atoms with E-state index in [2.05, 4.69) is 52.4 Å². The summed E-state index contributed by atoms with van der Waals surface area (Å²) in [6.45, 7) is 12.9. The summed E-state index contributed by atoms with van der Waals surface area (Å²) in [4.78, 5) is 2.35. The summed E-state index contributed by atoms with van der Waals surface area (Å²) >= 11 is 0. The molecule has 2 rings (SSSR count). The number of benzene rings is 1. The molecule has 3 nitrogen and oxygen atoms in total. The zero-order valence-corrected chi connectivity index (χ0v) is 15.1. The Labute approximate surface area is 141 Å². The second kappa shape index (κ2) is 6.90. The maximum absolute atomic E-state index is 9.80. The van der Waals surface area contributed by atoms with Crippen molar-refractivity contribution in [1.82, 2.24) is 4.81 Å².